The summed E-state index contributed by atoms with van der Waals surface area (Å²) in [6, 6.07) is 8.81. The molecule has 2 aliphatic heterocycles. The summed E-state index contributed by atoms with van der Waals surface area (Å²) >= 11 is 1.40. The van der Waals surface area contributed by atoms with E-state index in [2.05, 4.69) is 10.3 Å². The van der Waals surface area contributed by atoms with Crippen LogP contribution >= 0.6 is 11.8 Å². The molecule has 2 heterocycles. The first-order chi connectivity index (χ1) is 11.5. The molecule has 1 aromatic rings. The van der Waals surface area contributed by atoms with E-state index in [4.69, 9.17) is 0 Å². The number of aliphatic hydroxyl groups is 1. The standard InChI is InChI=1S/C16H20N4O3S/c1-10(21)9-24-16-17-13-12(14(22)18-15(23)19(13)2)20(16)8-11-6-4-3-5-7-11/h3-7,10,12-13,21H,8-9H2,1-2H3,(H,18,22,23). The first-order valence-corrected chi connectivity index (χ1v) is 8.73. The summed E-state index contributed by atoms with van der Waals surface area (Å²) in [7, 11) is 1.63. The van der Waals surface area contributed by atoms with Crippen LogP contribution in [0, 0.1) is 0 Å². The van der Waals surface area contributed by atoms with Gasteiger partial charge in [-0.1, -0.05) is 42.1 Å². The number of imide groups is 1. The van der Waals surface area contributed by atoms with Crippen LogP contribution in [0.1, 0.15) is 12.5 Å². The van der Waals surface area contributed by atoms with Crippen molar-refractivity contribution in [2.24, 2.45) is 4.99 Å². The molecule has 3 rings (SSSR count). The maximum Gasteiger partial charge on any atom is 0.325 e. The van der Waals surface area contributed by atoms with Gasteiger partial charge in [0.15, 0.2) is 17.4 Å². The number of aliphatic hydroxyl groups excluding tert-OH is 1. The second-order valence-corrected chi connectivity index (χ2v) is 6.94. The van der Waals surface area contributed by atoms with Crippen LogP contribution in [0.15, 0.2) is 35.3 Å². The third kappa shape index (κ3) is 3.25. The van der Waals surface area contributed by atoms with E-state index in [0.717, 1.165) is 5.56 Å². The molecule has 0 aromatic heterocycles. The Bertz CT molecular complexity index is 665. The van der Waals surface area contributed by atoms with Crippen molar-refractivity contribution in [3.8, 4) is 0 Å². The molecule has 8 heteroatoms. The number of aliphatic imine (C=N–C) groups is 1. The van der Waals surface area contributed by atoms with E-state index in [1.807, 2.05) is 35.2 Å². The fourth-order valence-electron chi connectivity index (χ4n) is 2.76. The molecule has 0 saturated carbocycles. The first-order valence-electron chi connectivity index (χ1n) is 7.74. The van der Waals surface area contributed by atoms with Crippen molar-refractivity contribution in [2.75, 3.05) is 12.8 Å². The lowest BCUT2D eigenvalue weighted by atomic mass is 10.1. The number of nitrogens with zero attached hydrogens (tertiary/aromatic N) is 3. The number of amidine groups is 1. The quantitative estimate of drug-likeness (QED) is 0.843. The van der Waals surface area contributed by atoms with E-state index < -0.39 is 24.3 Å². The number of hydrogen-bond acceptors (Lipinski definition) is 6. The van der Waals surface area contributed by atoms with Crippen molar-refractivity contribution in [1.82, 2.24) is 15.1 Å². The third-order valence-electron chi connectivity index (χ3n) is 3.97. The summed E-state index contributed by atoms with van der Waals surface area (Å²) in [5, 5.41) is 12.6. The Hall–Kier alpha value is -2.06. The number of hydrogen-bond donors (Lipinski definition) is 2. The van der Waals surface area contributed by atoms with Crippen LogP contribution in [0.25, 0.3) is 0 Å². The molecule has 0 aliphatic carbocycles. The predicted molar refractivity (Wildman–Crippen MR) is 92.4 cm³/mol. The number of likely N-dealkylation sites (N-methyl/N-ethyl adjacent to an activating group) is 1. The number of amides is 3. The minimum absolute atomic E-state index is 0.338. The number of carbonyl (C=O) groups is 2. The minimum Gasteiger partial charge on any atom is -0.393 e. The zero-order valence-electron chi connectivity index (χ0n) is 13.5. The number of benzene rings is 1. The zero-order valence-corrected chi connectivity index (χ0v) is 14.4. The predicted octanol–water partition coefficient (Wildman–Crippen LogP) is 0.848. The molecule has 1 aromatic carbocycles. The van der Waals surface area contributed by atoms with Crippen LogP contribution in [0.4, 0.5) is 4.79 Å². The van der Waals surface area contributed by atoms with Crippen LogP contribution < -0.4 is 5.32 Å². The van der Waals surface area contributed by atoms with Crippen molar-refractivity contribution >= 4 is 28.9 Å². The van der Waals surface area contributed by atoms with Crippen molar-refractivity contribution in [1.29, 1.82) is 0 Å². The number of urea groups is 1. The second kappa shape index (κ2) is 6.82. The second-order valence-electron chi connectivity index (χ2n) is 5.95. The van der Waals surface area contributed by atoms with Gasteiger partial charge >= 0.3 is 6.03 Å². The first kappa shape index (κ1) is 16.8. The highest BCUT2D eigenvalue weighted by atomic mass is 32.2. The van der Waals surface area contributed by atoms with Crippen molar-refractivity contribution in [3.63, 3.8) is 0 Å². The van der Waals surface area contributed by atoms with Crippen LogP contribution in [0.2, 0.25) is 0 Å². The number of thioether (sulfide) groups is 1. The van der Waals surface area contributed by atoms with Crippen molar-refractivity contribution < 1.29 is 14.7 Å². The topological polar surface area (TPSA) is 85.2 Å². The molecule has 24 heavy (non-hydrogen) atoms. The molecule has 3 unspecified atom stereocenters. The van der Waals surface area contributed by atoms with Crippen LogP contribution in [0.5, 0.6) is 0 Å². The van der Waals surface area contributed by atoms with Gasteiger partial charge in [0, 0.05) is 19.3 Å². The molecule has 3 amide bonds. The molecule has 0 radical (unpaired) electrons. The van der Waals surface area contributed by atoms with E-state index in [1.165, 1.54) is 16.7 Å². The average Bonchev–Trinajstić information content (AvgIpc) is 2.91. The molecule has 0 spiro atoms. The maximum atomic E-state index is 12.4. The SMILES string of the molecule is CC(O)CSC1=NC2C(C(=O)NC(=O)N2C)N1Cc1ccccc1. The lowest BCUT2D eigenvalue weighted by molar-refractivity contribution is -0.127. The lowest BCUT2D eigenvalue weighted by Crippen LogP contribution is -2.63. The van der Waals surface area contributed by atoms with E-state index in [0.29, 0.717) is 17.5 Å². The largest absolute Gasteiger partial charge is 0.393 e. The van der Waals surface area contributed by atoms with Gasteiger partial charge in [0.2, 0.25) is 0 Å². The zero-order chi connectivity index (χ0) is 17.3. The number of fused-ring (bicyclic) bond motifs is 1. The normalized spacial score (nSPS) is 24.5. The Morgan fingerprint density at radius 3 is 2.71 bits per heavy atom. The third-order valence-corrected chi connectivity index (χ3v) is 5.22. The Morgan fingerprint density at radius 1 is 1.33 bits per heavy atom. The number of carbonyl (C=O) groups excluding carboxylic acids is 2. The summed E-state index contributed by atoms with van der Waals surface area (Å²) in [5.41, 5.74) is 1.05. The molecular formula is C16H20N4O3S. The average molecular weight is 348 g/mol. The molecule has 128 valence electrons. The van der Waals surface area contributed by atoms with E-state index in [9.17, 15) is 14.7 Å². The summed E-state index contributed by atoms with van der Waals surface area (Å²) in [5.74, 6) is 0.137. The molecule has 2 N–H and O–H groups in total. The van der Waals surface area contributed by atoms with Gasteiger partial charge in [-0.25, -0.2) is 9.79 Å². The fourth-order valence-corrected chi connectivity index (χ4v) is 3.68. The summed E-state index contributed by atoms with van der Waals surface area (Å²) < 4.78 is 0. The molecule has 2 aliphatic rings. The molecule has 7 nitrogen and oxygen atoms in total. The molecule has 1 saturated heterocycles. The van der Waals surface area contributed by atoms with E-state index >= 15 is 0 Å². The maximum absolute atomic E-state index is 12.4. The van der Waals surface area contributed by atoms with Gasteiger partial charge in [0.05, 0.1) is 6.10 Å². The van der Waals surface area contributed by atoms with E-state index in [1.54, 1.807) is 14.0 Å². The van der Waals surface area contributed by atoms with Crippen LogP contribution in [-0.4, -0.2) is 63.1 Å². The smallest absolute Gasteiger partial charge is 0.325 e. The Balaban J connectivity index is 1.88. The highest BCUT2D eigenvalue weighted by Crippen LogP contribution is 2.30. The Labute approximate surface area is 144 Å². The number of rotatable bonds is 4. The van der Waals surface area contributed by atoms with Gasteiger partial charge in [0.25, 0.3) is 5.91 Å². The monoisotopic (exact) mass is 348 g/mol. The molecule has 1 fully saturated rings. The molecule has 3 atom stereocenters. The van der Waals surface area contributed by atoms with Gasteiger partial charge in [-0.3, -0.25) is 10.1 Å². The van der Waals surface area contributed by atoms with Crippen molar-refractivity contribution in [3.05, 3.63) is 35.9 Å². The van der Waals surface area contributed by atoms with Crippen molar-refractivity contribution in [2.45, 2.75) is 31.8 Å². The van der Waals surface area contributed by atoms with Gasteiger partial charge in [-0.2, -0.15) is 0 Å². The fraction of sp³-hybridized carbons (Fsp3) is 0.438. The number of nitrogens with one attached hydrogen (secondary N) is 1. The summed E-state index contributed by atoms with van der Waals surface area (Å²) in [4.78, 5) is 32.2. The van der Waals surface area contributed by atoms with Gasteiger partial charge in [-0.05, 0) is 12.5 Å². The van der Waals surface area contributed by atoms with Gasteiger partial charge in [-0.15, -0.1) is 0 Å². The van der Waals surface area contributed by atoms with E-state index in [-0.39, 0.29) is 5.91 Å². The lowest BCUT2D eigenvalue weighted by Gasteiger charge is -2.36. The molecular weight excluding hydrogens is 328 g/mol. The Morgan fingerprint density at radius 2 is 2.04 bits per heavy atom. The summed E-state index contributed by atoms with van der Waals surface area (Å²) in [6.07, 6.45) is -1.02. The van der Waals surface area contributed by atoms with Crippen LogP contribution in [-0.2, 0) is 11.3 Å². The molecule has 0 bridgehead atoms. The Kier molecular flexibility index (Phi) is 4.77. The minimum atomic E-state index is -0.551. The highest BCUT2D eigenvalue weighted by Gasteiger charge is 2.48. The highest BCUT2D eigenvalue weighted by molar-refractivity contribution is 8.13. The van der Waals surface area contributed by atoms with Gasteiger partial charge in [0.1, 0.15) is 0 Å². The van der Waals surface area contributed by atoms with Crippen LogP contribution in [0.3, 0.4) is 0 Å². The van der Waals surface area contributed by atoms with Gasteiger partial charge < -0.3 is 14.9 Å². The summed E-state index contributed by atoms with van der Waals surface area (Å²) in [6.45, 7) is 2.22.